The predicted octanol–water partition coefficient (Wildman–Crippen LogP) is 1.82. The van der Waals surface area contributed by atoms with Crippen LogP contribution in [0.5, 0.6) is 5.75 Å². The van der Waals surface area contributed by atoms with Crippen LogP contribution in [-0.4, -0.2) is 41.8 Å². The van der Waals surface area contributed by atoms with E-state index < -0.39 is 12.6 Å². The zero-order valence-corrected chi connectivity index (χ0v) is 13.3. The molecule has 6 heteroatoms. The van der Waals surface area contributed by atoms with E-state index in [4.69, 9.17) is 14.6 Å². The number of rotatable bonds is 5. The summed E-state index contributed by atoms with van der Waals surface area (Å²) in [5.74, 6) is -0.628. The SMILES string of the molecule is Cc1cc(C(=O)N[C@@H]2C[C@H]3CC[C@@H]2O3)cc(C)c1OCC(=O)O. The molecular weight excluding hydrogens is 298 g/mol. The summed E-state index contributed by atoms with van der Waals surface area (Å²) in [5.41, 5.74) is 2.06. The lowest BCUT2D eigenvalue weighted by Crippen LogP contribution is -2.41. The number of hydrogen-bond acceptors (Lipinski definition) is 4. The van der Waals surface area contributed by atoms with Crippen LogP contribution in [0.25, 0.3) is 0 Å². The third-order valence-corrected chi connectivity index (χ3v) is 4.49. The van der Waals surface area contributed by atoms with Gasteiger partial charge in [0, 0.05) is 5.56 Å². The standard InChI is InChI=1S/C17H21NO5/c1-9-5-11(6-10(2)16(9)22-8-15(19)20)17(21)18-13-7-12-3-4-14(13)23-12/h5-6,12-14H,3-4,7-8H2,1-2H3,(H,18,21)(H,19,20)/t12-,13-,14+/m1/s1. The van der Waals surface area contributed by atoms with Gasteiger partial charge in [0.1, 0.15) is 5.75 Å². The van der Waals surface area contributed by atoms with E-state index in [-0.39, 0.29) is 18.1 Å². The Hall–Kier alpha value is -2.08. The molecule has 1 aromatic rings. The Morgan fingerprint density at radius 1 is 1.30 bits per heavy atom. The Labute approximate surface area is 134 Å². The molecule has 2 aliphatic rings. The van der Waals surface area contributed by atoms with E-state index in [1.54, 1.807) is 12.1 Å². The van der Waals surface area contributed by atoms with Crippen LogP contribution in [0.15, 0.2) is 12.1 Å². The molecule has 2 heterocycles. The van der Waals surface area contributed by atoms with Gasteiger partial charge in [-0.1, -0.05) is 0 Å². The van der Waals surface area contributed by atoms with E-state index in [0.29, 0.717) is 17.4 Å². The first-order valence-electron chi connectivity index (χ1n) is 7.86. The Balaban J connectivity index is 1.70. The monoisotopic (exact) mass is 319 g/mol. The van der Waals surface area contributed by atoms with Crippen molar-refractivity contribution in [2.45, 2.75) is 51.4 Å². The molecule has 3 atom stereocenters. The molecule has 124 valence electrons. The number of aliphatic carboxylic acids is 1. The van der Waals surface area contributed by atoms with E-state index in [1.807, 2.05) is 13.8 Å². The molecule has 0 saturated carbocycles. The summed E-state index contributed by atoms with van der Waals surface area (Å²) in [6.45, 7) is 3.22. The number of hydrogen-bond donors (Lipinski definition) is 2. The van der Waals surface area contributed by atoms with Crippen LogP contribution in [-0.2, 0) is 9.53 Å². The molecule has 2 N–H and O–H groups in total. The quantitative estimate of drug-likeness (QED) is 0.865. The Morgan fingerprint density at radius 3 is 2.52 bits per heavy atom. The highest BCUT2D eigenvalue weighted by molar-refractivity contribution is 5.95. The van der Waals surface area contributed by atoms with Gasteiger partial charge in [-0.25, -0.2) is 4.79 Å². The normalized spacial score (nSPS) is 25.4. The minimum atomic E-state index is -1.03. The van der Waals surface area contributed by atoms with Crippen molar-refractivity contribution in [2.24, 2.45) is 0 Å². The van der Waals surface area contributed by atoms with Gasteiger partial charge in [-0.05, 0) is 56.4 Å². The van der Waals surface area contributed by atoms with Gasteiger partial charge < -0.3 is 19.9 Å². The van der Waals surface area contributed by atoms with Crippen molar-refractivity contribution in [3.63, 3.8) is 0 Å². The second kappa shape index (κ2) is 6.20. The van der Waals surface area contributed by atoms with Crippen molar-refractivity contribution in [3.8, 4) is 5.75 Å². The van der Waals surface area contributed by atoms with Crippen LogP contribution in [0.3, 0.4) is 0 Å². The smallest absolute Gasteiger partial charge is 0.341 e. The number of nitrogens with one attached hydrogen (secondary N) is 1. The number of carbonyl (C=O) groups is 2. The maximum absolute atomic E-state index is 12.5. The average Bonchev–Trinajstić information content (AvgIpc) is 3.08. The number of aryl methyl sites for hydroxylation is 2. The van der Waals surface area contributed by atoms with Crippen LogP contribution in [0.1, 0.15) is 40.7 Å². The first-order chi connectivity index (χ1) is 10.9. The fraction of sp³-hybridized carbons (Fsp3) is 0.529. The van der Waals surface area contributed by atoms with Crippen molar-refractivity contribution < 1.29 is 24.2 Å². The van der Waals surface area contributed by atoms with Crippen LogP contribution in [0.2, 0.25) is 0 Å². The number of benzene rings is 1. The van der Waals surface area contributed by atoms with Gasteiger partial charge in [0.15, 0.2) is 6.61 Å². The number of ether oxygens (including phenoxy) is 2. The van der Waals surface area contributed by atoms with E-state index in [9.17, 15) is 9.59 Å². The molecule has 0 aromatic heterocycles. The Bertz CT molecular complexity index is 619. The molecule has 2 fully saturated rings. The molecule has 0 aliphatic carbocycles. The molecule has 0 spiro atoms. The topological polar surface area (TPSA) is 84.9 Å². The second-order valence-electron chi connectivity index (χ2n) is 6.31. The van der Waals surface area contributed by atoms with Gasteiger partial charge in [0.05, 0.1) is 18.2 Å². The summed E-state index contributed by atoms with van der Waals surface area (Å²) < 4.78 is 11.0. The number of carboxylic acid groups (broad SMARTS) is 1. The highest BCUT2D eigenvalue weighted by atomic mass is 16.5. The molecule has 1 amide bonds. The number of carbonyl (C=O) groups excluding carboxylic acids is 1. The fourth-order valence-electron chi connectivity index (χ4n) is 3.48. The maximum atomic E-state index is 12.5. The highest BCUT2D eigenvalue weighted by Crippen LogP contribution is 2.34. The summed E-state index contributed by atoms with van der Waals surface area (Å²) >= 11 is 0. The highest BCUT2D eigenvalue weighted by Gasteiger charge is 2.41. The lowest BCUT2D eigenvalue weighted by Gasteiger charge is -2.20. The molecule has 3 rings (SSSR count). The Morgan fingerprint density at radius 2 is 2.00 bits per heavy atom. The Kier molecular flexibility index (Phi) is 4.26. The first kappa shape index (κ1) is 15.8. The van der Waals surface area contributed by atoms with Crippen LogP contribution < -0.4 is 10.1 Å². The van der Waals surface area contributed by atoms with Gasteiger partial charge in [-0.3, -0.25) is 4.79 Å². The predicted molar refractivity (Wildman–Crippen MR) is 82.8 cm³/mol. The molecule has 2 aliphatic heterocycles. The fourth-order valence-corrected chi connectivity index (χ4v) is 3.48. The van der Waals surface area contributed by atoms with E-state index in [1.165, 1.54) is 0 Å². The van der Waals surface area contributed by atoms with E-state index >= 15 is 0 Å². The van der Waals surface area contributed by atoms with Crippen LogP contribution >= 0.6 is 0 Å². The molecule has 2 bridgehead atoms. The number of fused-ring (bicyclic) bond motifs is 2. The maximum Gasteiger partial charge on any atom is 0.341 e. The molecule has 0 unspecified atom stereocenters. The summed E-state index contributed by atoms with van der Waals surface area (Å²) in [5, 5.41) is 11.8. The van der Waals surface area contributed by atoms with E-state index in [2.05, 4.69) is 5.32 Å². The number of amides is 1. The van der Waals surface area contributed by atoms with Gasteiger partial charge >= 0.3 is 5.97 Å². The molecule has 1 aromatic carbocycles. The zero-order chi connectivity index (χ0) is 16.6. The molecular formula is C17H21NO5. The van der Waals surface area contributed by atoms with Gasteiger partial charge in [0.2, 0.25) is 0 Å². The average molecular weight is 319 g/mol. The molecule has 0 radical (unpaired) electrons. The van der Waals surface area contributed by atoms with Crippen molar-refractivity contribution in [1.82, 2.24) is 5.32 Å². The number of carboxylic acids is 1. The molecule has 2 saturated heterocycles. The van der Waals surface area contributed by atoms with Gasteiger partial charge in [0.25, 0.3) is 5.91 Å². The second-order valence-corrected chi connectivity index (χ2v) is 6.31. The molecule has 6 nitrogen and oxygen atoms in total. The minimum absolute atomic E-state index is 0.0878. The summed E-state index contributed by atoms with van der Waals surface area (Å²) in [6, 6.07) is 3.55. The third kappa shape index (κ3) is 3.32. The van der Waals surface area contributed by atoms with Crippen molar-refractivity contribution >= 4 is 11.9 Å². The first-order valence-corrected chi connectivity index (χ1v) is 7.86. The van der Waals surface area contributed by atoms with Crippen LogP contribution in [0.4, 0.5) is 0 Å². The van der Waals surface area contributed by atoms with E-state index in [0.717, 1.165) is 30.4 Å². The summed E-state index contributed by atoms with van der Waals surface area (Å²) in [4.78, 5) is 23.1. The van der Waals surface area contributed by atoms with Gasteiger partial charge in [-0.2, -0.15) is 0 Å². The summed E-state index contributed by atoms with van der Waals surface area (Å²) in [7, 11) is 0. The lowest BCUT2D eigenvalue weighted by molar-refractivity contribution is -0.139. The van der Waals surface area contributed by atoms with Crippen LogP contribution in [0, 0.1) is 13.8 Å². The lowest BCUT2D eigenvalue weighted by atomic mass is 9.95. The third-order valence-electron chi connectivity index (χ3n) is 4.49. The largest absolute Gasteiger partial charge is 0.481 e. The van der Waals surface area contributed by atoms with Crippen molar-refractivity contribution in [2.75, 3.05) is 6.61 Å². The van der Waals surface area contributed by atoms with Crippen molar-refractivity contribution in [1.29, 1.82) is 0 Å². The molecule has 23 heavy (non-hydrogen) atoms. The minimum Gasteiger partial charge on any atom is -0.481 e. The zero-order valence-electron chi connectivity index (χ0n) is 13.3. The van der Waals surface area contributed by atoms with Gasteiger partial charge in [-0.15, -0.1) is 0 Å². The van der Waals surface area contributed by atoms with Crippen molar-refractivity contribution in [3.05, 3.63) is 28.8 Å². The summed E-state index contributed by atoms with van der Waals surface area (Å²) in [6.07, 6.45) is 3.42.